The molecule has 0 bridgehead atoms. The first-order valence-electron chi connectivity index (χ1n) is 4.67. The van der Waals surface area contributed by atoms with Gasteiger partial charge in [0, 0.05) is 6.42 Å². The van der Waals surface area contributed by atoms with Crippen molar-refractivity contribution in [3.05, 3.63) is 58.0 Å². The third-order valence-electron chi connectivity index (χ3n) is 2.19. The first kappa shape index (κ1) is 11.2. The number of benzene rings is 1. The lowest BCUT2D eigenvalue weighted by Gasteiger charge is -2.04. The lowest BCUT2D eigenvalue weighted by molar-refractivity contribution is 0.0993. The minimum absolute atomic E-state index is 0.114. The largest absolute Gasteiger partial charge is 0.472 e. The molecule has 82 valence electrons. The number of halogens is 2. The fourth-order valence-electron chi connectivity index (χ4n) is 1.43. The van der Waals surface area contributed by atoms with E-state index in [1.54, 1.807) is 24.3 Å². The number of rotatable bonds is 3. The van der Waals surface area contributed by atoms with E-state index in [-0.39, 0.29) is 12.2 Å². The van der Waals surface area contributed by atoms with Crippen molar-refractivity contribution in [2.24, 2.45) is 0 Å². The number of hydrogen-bond donors (Lipinski definition) is 0. The summed E-state index contributed by atoms with van der Waals surface area (Å²) in [6, 6.07) is 6.74. The average molecular weight is 255 g/mol. The molecule has 0 atom stereocenters. The van der Waals surface area contributed by atoms with Crippen molar-refractivity contribution in [3.8, 4) is 0 Å². The highest BCUT2D eigenvalue weighted by molar-refractivity contribution is 6.39. The summed E-state index contributed by atoms with van der Waals surface area (Å²) in [7, 11) is 0. The van der Waals surface area contributed by atoms with Crippen molar-refractivity contribution < 1.29 is 9.21 Å². The Morgan fingerprint density at radius 3 is 2.44 bits per heavy atom. The van der Waals surface area contributed by atoms with Crippen molar-refractivity contribution in [2.45, 2.75) is 6.42 Å². The van der Waals surface area contributed by atoms with E-state index in [0.29, 0.717) is 15.6 Å². The maximum Gasteiger partial charge on any atom is 0.170 e. The van der Waals surface area contributed by atoms with Crippen LogP contribution in [0.3, 0.4) is 0 Å². The predicted octanol–water partition coefficient (Wildman–Crippen LogP) is 4.01. The molecular weight excluding hydrogens is 247 g/mol. The van der Waals surface area contributed by atoms with Crippen LogP contribution in [0.5, 0.6) is 0 Å². The molecule has 0 saturated heterocycles. The van der Waals surface area contributed by atoms with Gasteiger partial charge in [-0.2, -0.15) is 0 Å². The van der Waals surface area contributed by atoms with Crippen LogP contribution in [0.25, 0.3) is 0 Å². The van der Waals surface area contributed by atoms with Crippen LogP contribution in [0.1, 0.15) is 15.9 Å². The molecule has 1 heterocycles. The van der Waals surface area contributed by atoms with E-state index in [1.807, 2.05) is 0 Å². The second-order valence-electron chi connectivity index (χ2n) is 3.33. The molecular formula is C12H8Cl2O2. The van der Waals surface area contributed by atoms with Gasteiger partial charge in [0.05, 0.1) is 28.1 Å². The SMILES string of the molecule is O=C(Cc1ccoc1)c1c(Cl)cccc1Cl. The lowest BCUT2D eigenvalue weighted by atomic mass is 10.1. The molecule has 0 fully saturated rings. The topological polar surface area (TPSA) is 30.2 Å². The zero-order chi connectivity index (χ0) is 11.5. The molecule has 0 aliphatic carbocycles. The molecule has 16 heavy (non-hydrogen) atoms. The summed E-state index contributed by atoms with van der Waals surface area (Å²) >= 11 is 11.9. The fraction of sp³-hybridized carbons (Fsp3) is 0.0833. The van der Waals surface area contributed by atoms with Gasteiger partial charge in [0.15, 0.2) is 5.78 Å². The van der Waals surface area contributed by atoms with Crippen LogP contribution in [-0.4, -0.2) is 5.78 Å². The molecule has 4 heteroatoms. The standard InChI is InChI=1S/C12H8Cl2O2/c13-9-2-1-3-10(14)12(9)11(15)6-8-4-5-16-7-8/h1-5,7H,6H2. The van der Waals surface area contributed by atoms with Gasteiger partial charge in [0.1, 0.15) is 0 Å². The molecule has 2 nitrogen and oxygen atoms in total. The second-order valence-corrected chi connectivity index (χ2v) is 4.14. The summed E-state index contributed by atoms with van der Waals surface area (Å²) in [6.45, 7) is 0. The summed E-state index contributed by atoms with van der Waals surface area (Å²) < 4.78 is 4.89. The van der Waals surface area contributed by atoms with Crippen LogP contribution in [0, 0.1) is 0 Å². The summed E-state index contributed by atoms with van der Waals surface area (Å²) in [5.41, 5.74) is 1.17. The smallest absolute Gasteiger partial charge is 0.170 e. The van der Waals surface area contributed by atoms with Gasteiger partial charge in [0.2, 0.25) is 0 Å². The molecule has 0 saturated carbocycles. The summed E-state index contributed by atoms with van der Waals surface area (Å²) in [4.78, 5) is 11.9. The maximum atomic E-state index is 11.9. The minimum Gasteiger partial charge on any atom is -0.472 e. The Hall–Kier alpha value is -1.25. The van der Waals surface area contributed by atoms with Crippen molar-refractivity contribution >= 4 is 29.0 Å². The van der Waals surface area contributed by atoms with E-state index in [1.165, 1.54) is 12.5 Å². The number of furan rings is 1. The van der Waals surface area contributed by atoms with E-state index in [2.05, 4.69) is 0 Å². The van der Waals surface area contributed by atoms with Crippen LogP contribution in [0.15, 0.2) is 41.2 Å². The van der Waals surface area contributed by atoms with Gasteiger partial charge in [0.25, 0.3) is 0 Å². The zero-order valence-electron chi connectivity index (χ0n) is 8.24. The average Bonchev–Trinajstić information content (AvgIpc) is 2.70. The van der Waals surface area contributed by atoms with Crippen molar-refractivity contribution in [2.75, 3.05) is 0 Å². The highest BCUT2D eigenvalue weighted by Crippen LogP contribution is 2.25. The van der Waals surface area contributed by atoms with Gasteiger partial charge in [-0.25, -0.2) is 0 Å². The summed E-state index contributed by atoms with van der Waals surface area (Å²) in [5, 5.41) is 0.752. The molecule has 0 N–H and O–H groups in total. The molecule has 0 amide bonds. The third-order valence-corrected chi connectivity index (χ3v) is 2.82. The molecule has 1 aromatic carbocycles. The Morgan fingerprint density at radius 1 is 1.19 bits per heavy atom. The van der Waals surface area contributed by atoms with E-state index < -0.39 is 0 Å². The van der Waals surface area contributed by atoms with Gasteiger partial charge in [-0.3, -0.25) is 4.79 Å². The molecule has 0 unspecified atom stereocenters. The van der Waals surface area contributed by atoms with Crippen LogP contribution in [0.2, 0.25) is 10.0 Å². The lowest BCUT2D eigenvalue weighted by Crippen LogP contribution is -2.04. The van der Waals surface area contributed by atoms with E-state index >= 15 is 0 Å². The zero-order valence-corrected chi connectivity index (χ0v) is 9.76. The molecule has 2 aromatic rings. The second kappa shape index (κ2) is 4.73. The first-order chi connectivity index (χ1) is 7.68. The van der Waals surface area contributed by atoms with Crippen molar-refractivity contribution in [1.82, 2.24) is 0 Å². The summed E-state index contributed by atoms with van der Waals surface area (Å²) in [5.74, 6) is -0.114. The number of hydrogen-bond acceptors (Lipinski definition) is 2. The highest BCUT2D eigenvalue weighted by atomic mass is 35.5. The number of carbonyl (C=O) groups is 1. The van der Waals surface area contributed by atoms with Gasteiger partial charge in [-0.1, -0.05) is 29.3 Å². The highest BCUT2D eigenvalue weighted by Gasteiger charge is 2.15. The van der Waals surface area contributed by atoms with E-state index in [0.717, 1.165) is 5.56 Å². The third kappa shape index (κ3) is 2.29. The molecule has 0 radical (unpaired) electrons. The molecule has 0 aliphatic heterocycles. The maximum absolute atomic E-state index is 11.9. The van der Waals surface area contributed by atoms with E-state index in [4.69, 9.17) is 27.6 Å². The van der Waals surface area contributed by atoms with E-state index in [9.17, 15) is 4.79 Å². The van der Waals surface area contributed by atoms with Crippen molar-refractivity contribution in [1.29, 1.82) is 0 Å². The number of Topliss-reactive ketones (excluding diaryl/α,β-unsaturated/α-hetero) is 1. The van der Waals surface area contributed by atoms with Crippen LogP contribution in [0.4, 0.5) is 0 Å². The fourth-order valence-corrected chi connectivity index (χ4v) is 2.04. The quantitative estimate of drug-likeness (QED) is 0.775. The van der Waals surface area contributed by atoms with Gasteiger partial charge >= 0.3 is 0 Å². The van der Waals surface area contributed by atoms with Gasteiger partial charge in [-0.15, -0.1) is 0 Å². The molecule has 2 rings (SSSR count). The van der Waals surface area contributed by atoms with Gasteiger partial charge < -0.3 is 4.42 Å². The Labute approximate surface area is 103 Å². The Morgan fingerprint density at radius 2 is 1.88 bits per heavy atom. The monoisotopic (exact) mass is 254 g/mol. The minimum atomic E-state index is -0.114. The molecule has 1 aromatic heterocycles. The van der Waals surface area contributed by atoms with Crippen LogP contribution >= 0.6 is 23.2 Å². The van der Waals surface area contributed by atoms with Crippen molar-refractivity contribution in [3.63, 3.8) is 0 Å². The normalized spacial score (nSPS) is 10.4. The Bertz CT molecular complexity index is 483. The first-order valence-corrected chi connectivity index (χ1v) is 5.42. The van der Waals surface area contributed by atoms with Crippen LogP contribution in [-0.2, 0) is 6.42 Å². The summed E-state index contributed by atoms with van der Waals surface area (Å²) in [6.07, 6.45) is 3.29. The predicted molar refractivity (Wildman–Crippen MR) is 63.2 cm³/mol. The molecule has 0 aliphatic rings. The number of carbonyl (C=O) groups excluding carboxylic acids is 1. The van der Waals surface area contributed by atoms with Gasteiger partial charge in [-0.05, 0) is 23.8 Å². The van der Waals surface area contributed by atoms with Crippen LogP contribution < -0.4 is 0 Å². The number of ketones is 1. The Kier molecular flexibility index (Phi) is 3.32. The Balaban J connectivity index is 2.28. The molecule has 0 spiro atoms.